The Bertz CT molecular complexity index is 1200. The molecule has 0 saturated heterocycles. The van der Waals surface area contributed by atoms with Crippen LogP contribution in [0.2, 0.25) is 0 Å². The second-order valence-electron chi connectivity index (χ2n) is 9.33. The maximum absolute atomic E-state index is 14.3. The number of halogens is 5. The van der Waals surface area contributed by atoms with Gasteiger partial charge in [0.15, 0.2) is 23.3 Å². The third-order valence-corrected chi connectivity index (χ3v) is 5.17. The zero-order valence-corrected chi connectivity index (χ0v) is 19.7. The van der Waals surface area contributed by atoms with Crippen LogP contribution in [-0.2, 0) is 27.3 Å². The first kappa shape index (κ1) is 26.9. The van der Waals surface area contributed by atoms with Gasteiger partial charge in [0, 0.05) is 36.8 Å². The second kappa shape index (κ2) is 10.5. The fourth-order valence-electron chi connectivity index (χ4n) is 3.61. The van der Waals surface area contributed by atoms with Crippen molar-refractivity contribution in [1.29, 1.82) is 0 Å². The molecule has 12 heteroatoms. The number of amides is 3. The first-order valence-electron chi connectivity index (χ1n) is 10.9. The number of anilines is 1. The van der Waals surface area contributed by atoms with Gasteiger partial charge < -0.3 is 20.3 Å². The van der Waals surface area contributed by atoms with E-state index in [0.717, 1.165) is 17.0 Å². The highest BCUT2D eigenvalue weighted by atomic mass is 19.2. The monoisotopic (exact) mass is 513 g/mol. The first-order valence-corrected chi connectivity index (χ1v) is 10.9. The SMILES string of the molecule is CC(C)(C)OC(=O)NC(CC(=O)N1CC(=O)Nc2cc(F)c(F)cc2C1)Cc1cc(F)c(F)cc1F. The Morgan fingerprint density at radius 1 is 0.972 bits per heavy atom. The van der Waals surface area contributed by atoms with Crippen molar-refractivity contribution in [3.8, 4) is 0 Å². The van der Waals surface area contributed by atoms with Crippen molar-refractivity contribution in [2.75, 3.05) is 11.9 Å². The Hall–Kier alpha value is -3.70. The predicted molar refractivity (Wildman–Crippen MR) is 118 cm³/mol. The van der Waals surface area contributed by atoms with Crippen LogP contribution >= 0.6 is 0 Å². The smallest absolute Gasteiger partial charge is 0.407 e. The van der Waals surface area contributed by atoms with Gasteiger partial charge in [0.25, 0.3) is 0 Å². The number of hydrogen-bond donors (Lipinski definition) is 2. The topological polar surface area (TPSA) is 87.7 Å². The molecule has 194 valence electrons. The Morgan fingerprint density at radius 2 is 1.58 bits per heavy atom. The van der Waals surface area contributed by atoms with Crippen molar-refractivity contribution in [3.63, 3.8) is 0 Å². The number of carbonyl (C=O) groups excluding carboxylic acids is 3. The molecule has 1 heterocycles. The summed E-state index contributed by atoms with van der Waals surface area (Å²) in [6.45, 7) is 4.06. The van der Waals surface area contributed by atoms with E-state index in [-0.39, 0.29) is 23.4 Å². The molecule has 0 fully saturated rings. The zero-order chi connectivity index (χ0) is 26.8. The number of fused-ring (bicyclic) bond motifs is 1. The minimum Gasteiger partial charge on any atom is -0.444 e. The van der Waals surface area contributed by atoms with Crippen molar-refractivity contribution >= 4 is 23.6 Å². The van der Waals surface area contributed by atoms with E-state index < -0.39 is 78.0 Å². The summed E-state index contributed by atoms with van der Waals surface area (Å²) in [4.78, 5) is 38.7. The molecule has 0 radical (unpaired) electrons. The molecule has 3 rings (SSSR count). The van der Waals surface area contributed by atoms with Crippen molar-refractivity contribution in [3.05, 3.63) is 64.5 Å². The van der Waals surface area contributed by atoms with Crippen molar-refractivity contribution in [2.24, 2.45) is 0 Å². The molecule has 0 aliphatic carbocycles. The van der Waals surface area contributed by atoms with Gasteiger partial charge in [-0.3, -0.25) is 9.59 Å². The van der Waals surface area contributed by atoms with E-state index in [1.54, 1.807) is 20.8 Å². The Balaban J connectivity index is 1.84. The molecule has 2 aromatic carbocycles. The predicted octanol–water partition coefficient (Wildman–Crippen LogP) is 4.19. The summed E-state index contributed by atoms with van der Waals surface area (Å²) >= 11 is 0. The average molecular weight is 513 g/mol. The van der Waals surface area contributed by atoms with Crippen molar-refractivity contribution in [1.82, 2.24) is 10.2 Å². The lowest BCUT2D eigenvalue weighted by Gasteiger charge is -2.26. The number of nitrogens with one attached hydrogen (secondary N) is 2. The molecule has 36 heavy (non-hydrogen) atoms. The average Bonchev–Trinajstić information content (AvgIpc) is 2.88. The van der Waals surface area contributed by atoms with E-state index in [4.69, 9.17) is 4.74 Å². The van der Waals surface area contributed by atoms with E-state index in [1.807, 2.05) is 0 Å². The molecule has 0 saturated carbocycles. The minimum absolute atomic E-state index is 0.00138. The van der Waals surface area contributed by atoms with Gasteiger partial charge in [0.2, 0.25) is 11.8 Å². The lowest BCUT2D eigenvalue weighted by molar-refractivity contribution is -0.135. The number of carbonyl (C=O) groups is 3. The highest BCUT2D eigenvalue weighted by molar-refractivity contribution is 5.96. The van der Waals surface area contributed by atoms with Crippen LogP contribution < -0.4 is 10.6 Å². The molecule has 1 aliphatic heterocycles. The maximum Gasteiger partial charge on any atom is 0.407 e. The Morgan fingerprint density at radius 3 is 2.25 bits per heavy atom. The van der Waals surface area contributed by atoms with E-state index in [1.165, 1.54) is 0 Å². The molecule has 2 N–H and O–H groups in total. The number of nitrogens with zero attached hydrogens (tertiary/aromatic N) is 1. The molecule has 1 atom stereocenters. The fourth-order valence-corrected chi connectivity index (χ4v) is 3.61. The van der Waals surface area contributed by atoms with Gasteiger partial charge >= 0.3 is 6.09 Å². The van der Waals surface area contributed by atoms with Crippen LogP contribution in [0.4, 0.5) is 32.4 Å². The zero-order valence-electron chi connectivity index (χ0n) is 19.7. The molecule has 3 amide bonds. The van der Waals surface area contributed by atoms with Crippen LogP contribution in [0.1, 0.15) is 38.3 Å². The number of hydrogen-bond acceptors (Lipinski definition) is 4. The summed E-state index contributed by atoms with van der Waals surface area (Å²) in [5, 5.41) is 4.80. The van der Waals surface area contributed by atoms with Crippen LogP contribution in [-0.4, -0.2) is 41.0 Å². The molecular formula is C24H24F5N3O4. The van der Waals surface area contributed by atoms with Gasteiger partial charge in [0.1, 0.15) is 18.0 Å². The summed E-state index contributed by atoms with van der Waals surface area (Å²) in [7, 11) is 0. The molecule has 0 bridgehead atoms. The minimum atomic E-state index is -1.40. The summed E-state index contributed by atoms with van der Waals surface area (Å²) in [6.07, 6.45) is -1.85. The van der Waals surface area contributed by atoms with Crippen LogP contribution in [0.25, 0.3) is 0 Å². The largest absolute Gasteiger partial charge is 0.444 e. The van der Waals surface area contributed by atoms with Gasteiger partial charge in [-0.25, -0.2) is 26.7 Å². The van der Waals surface area contributed by atoms with Crippen molar-refractivity contribution in [2.45, 2.75) is 51.8 Å². The Labute approximate surface area is 203 Å². The van der Waals surface area contributed by atoms with Gasteiger partial charge in [-0.2, -0.15) is 0 Å². The highest BCUT2D eigenvalue weighted by Crippen LogP contribution is 2.25. The molecule has 7 nitrogen and oxygen atoms in total. The Kier molecular flexibility index (Phi) is 7.85. The van der Waals surface area contributed by atoms with Gasteiger partial charge in [-0.05, 0) is 50.5 Å². The van der Waals surface area contributed by atoms with E-state index >= 15 is 0 Å². The standard InChI is InChI=1S/C24H24F5N3O4/c1-24(2,3)36-23(35)30-14(4-12-5-16(26)18(28)8-15(12)25)7-22(34)32-10-13-6-17(27)19(29)9-20(13)31-21(33)11-32/h5-6,8-9,14H,4,7,10-11H2,1-3H3,(H,30,35)(H,31,33). The van der Waals surface area contributed by atoms with Crippen molar-refractivity contribution < 1.29 is 41.1 Å². The molecule has 2 aromatic rings. The number of ether oxygens (including phenoxy) is 1. The molecule has 1 unspecified atom stereocenters. The number of benzene rings is 2. The molecule has 0 aromatic heterocycles. The molecule has 0 spiro atoms. The van der Waals surface area contributed by atoms with E-state index in [0.29, 0.717) is 12.1 Å². The van der Waals surface area contributed by atoms with Crippen LogP contribution in [0, 0.1) is 29.1 Å². The van der Waals surface area contributed by atoms with E-state index in [9.17, 15) is 36.3 Å². The normalized spacial score (nSPS) is 14.4. The summed E-state index contributed by atoms with van der Waals surface area (Å²) in [5.74, 6) is -7.52. The summed E-state index contributed by atoms with van der Waals surface area (Å²) < 4.78 is 73.8. The third-order valence-electron chi connectivity index (χ3n) is 5.17. The quantitative estimate of drug-likeness (QED) is 0.464. The van der Waals surface area contributed by atoms with Gasteiger partial charge in [-0.15, -0.1) is 0 Å². The van der Waals surface area contributed by atoms with Gasteiger partial charge in [0.05, 0.1) is 0 Å². The lowest BCUT2D eigenvalue weighted by atomic mass is 10.0. The van der Waals surface area contributed by atoms with Crippen LogP contribution in [0.15, 0.2) is 24.3 Å². The highest BCUT2D eigenvalue weighted by Gasteiger charge is 2.29. The maximum atomic E-state index is 14.3. The van der Waals surface area contributed by atoms with Crippen LogP contribution in [0.3, 0.4) is 0 Å². The molecular weight excluding hydrogens is 489 g/mol. The second-order valence-corrected chi connectivity index (χ2v) is 9.33. The fraction of sp³-hybridized carbons (Fsp3) is 0.375. The number of alkyl carbamates (subject to hydrolysis) is 1. The number of rotatable bonds is 5. The summed E-state index contributed by atoms with van der Waals surface area (Å²) in [6, 6.07) is 1.47. The summed E-state index contributed by atoms with van der Waals surface area (Å²) in [5.41, 5.74) is -1.07. The van der Waals surface area contributed by atoms with Gasteiger partial charge in [-0.1, -0.05) is 0 Å². The third kappa shape index (κ3) is 6.92. The van der Waals surface area contributed by atoms with E-state index in [2.05, 4.69) is 10.6 Å². The lowest BCUT2D eigenvalue weighted by Crippen LogP contribution is -2.44. The van der Waals surface area contributed by atoms with Crippen LogP contribution in [0.5, 0.6) is 0 Å². The first-order chi connectivity index (χ1) is 16.7. The molecule has 1 aliphatic rings.